The molecular formula is C25H32N2O2. The molecule has 4 rings (SSSR count). The Kier molecular flexibility index (Phi) is 5.81. The van der Waals surface area contributed by atoms with Crippen LogP contribution in [0, 0.1) is 0 Å². The second-order valence-electron chi connectivity index (χ2n) is 8.56. The fourth-order valence-electron chi connectivity index (χ4n) is 4.26. The van der Waals surface area contributed by atoms with Crippen molar-refractivity contribution in [3.8, 4) is 11.5 Å². The van der Waals surface area contributed by atoms with Crippen LogP contribution < -0.4 is 14.4 Å². The van der Waals surface area contributed by atoms with Gasteiger partial charge in [0.2, 0.25) is 0 Å². The third-order valence-electron chi connectivity index (χ3n) is 5.70. The van der Waals surface area contributed by atoms with Crippen LogP contribution in [-0.4, -0.2) is 49.8 Å². The summed E-state index contributed by atoms with van der Waals surface area (Å²) in [7, 11) is 0. The average Bonchev–Trinajstić information content (AvgIpc) is 2.71. The van der Waals surface area contributed by atoms with E-state index in [1.165, 1.54) is 11.3 Å². The van der Waals surface area contributed by atoms with E-state index in [1.807, 2.05) is 6.07 Å². The highest BCUT2D eigenvalue weighted by atomic mass is 16.5. The van der Waals surface area contributed by atoms with Gasteiger partial charge in [-0.25, -0.2) is 0 Å². The first-order valence-electron chi connectivity index (χ1n) is 10.7. The van der Waals surface area contributed by atoms with Crippen LogP contribution in [0.15, 0.2) is 54.6 Å². The number of nitrogens with zero attached hydrogens (tertiary/aromatic N) is 2. The van der Waals surface area contributed by atoms with Crippen LogP contribution in [0.4, 0.5) is 5.69 Å². The number of ether oxygens (including phenoxy) is 2. The zero-order valence-electron chi connectivity index (χ0n) is 17.9. The van der Waals surface area contributed by atoms with Crippen molar-refractivity contribution < 1.29 is 9.47 Å². The zero-order chi connectivity index (χ0) is 20.3. The van der Waals surface area contributed by atoms with E-state index in [1.54, 1.807) is 0 Å². The number of rotatable bonds is 6. The van der Waals surface area contributed by atoms with Crippen molar-refractivity contribution in [1.82, 2.24) is 4.90 Å². The van der Waals surface area contributed by atoms with Crippen molar-refractivity contribution in [2.24, 2.45) is 0 Å². The number of hydrogen-bond donors (Lipinski definition) is 0. The molecule has 0 saturated carbocycles. The van der Waals surface area contributed by atoms with E-state index in [0.717, 1.165) is 62.8 Å². The molecule has 0 aromatic heterocycles. The lowest BCUT2D eigenvalue weighted by Crippen LogP contribution is -2.46. The third kappa shape index (κ3) is 4.94. The van der Waals surface area contributed by atoms with Crippen LogP contribution in [0.2, 0.25) is 0 Å². The molecule has 2 aliphatic rings. The summed E-state index contributed by atoms with van der Waals surface area (Å²) >= 11 is 0. The predicted molar refractivity (Wildman–Crippen MR) is 120 cm³/mol. The number of allylic oxidation sites excluding steroid dienone is 1. The molecule has 1 fully saturated rings. The summed E-state index contributed by atoms with van der Waals surface area (Å²) in [4.78, 5) is 5.01. The molecule has 154 valence electrons. The van der Waals surface area contributed by atoms with E-state index in [2.05, 4.69) is 79.1 Å². The fourth-order valence-corrected chi connectivity index (χ4v) is 4.26. The molecule has 2 aliphatic heterocycles. The summed E-state index contributed by atoms with van der Waals surface area (Å²) in [6.45, 7) is 12.5. The van der Waals surface area contributed by atoms with E-state index in [-0.39, 0.29) is 5.60 Å². The fraction of sp³-hybridized carbons (Fsp3) is 0.440. The molecule has 0 bridgehead atoms. The number of anilines is 1. The highest BCUT2D eigenvalue weighted by Gasteiger charge is 2.25. The molecule has 4 heteroatoms. The van der Waals surface area contributed by atoms with Gasteiger partial charge in [-0.3, -0.25) is 4.90 Å². The Morgan fingerprint density at radius 2 is 1.76 bits per heavy atom. The molecule has 0 unspecified atom stereocenters. The molecule has 0 spiro atoms. The van der Waals surface area contributed by atoms with Gasteiger partial charge in [0.05, 0.1) is 6.61 Å². The Bertz CT molecular complexity index is 852. The highest BCUT2D eigenvalue weighted by molar-refractivity contribution is 5.72. The summed E-state index contributed by atoms with van der Waals surface area (Å²) in [5.41, 5.74) is 3.49. The minimum absolute atomic E-state index is 0.266. The zero-order valence-corrected chi connectivity index (χ0v) is 17.9. The van der Waals surface area contributed by atoms with Crippen LogP contribution in [0.1, 0.15) is 32.8 Å². The number of para-hydroxylation sites is 1. The van der Waals surface area contributed by atoms with Crippen LogP contribution in [0.3, 0.4) is 0 Å². The molecule has 1 saturated heterocycles. The third-order valence-corrected chi connectivity index (χ3v) is 5.70. The predicted octanol–water partition coefficient (Wildman–Crippen LogP) is 4.85. The quantitative estimate of drug-likeness (QED) is 0.656. The van der Waals surface area contributed by atoms with Crippen LogP contribution >= 0.6 is 0 Å². The average molecular weight is 393 g/mol. The monoisotopic (exact) mass is 392 g/mol. The molecule has 0 radical (unpaired) electrons. The van der Waals surface area contributed by atoms with Gasteiger partial charge in [0.25, 0.3) is 0 Å². The van der Waals surface area contributed by atoms with E-state index in [9.17, 15) is 0 Å². The Morgan fingerprint density at radius 1 is 1.00 bits per heavy atom. The topological polar surface area (TPSA) is 24.9 Å². The van der Waals surface area contributed by atoms with Crippen molar-refractivity contribution in [2.45, 2.75) is 32.8 Å². The highest BCUT2D eigenvalue weighted by Crippen LogP contribution is 2.37. The first-order chi connectivity index (χ1) is 14.0. The SMILES string of the molecule is CC1=CC(C)(C)Oc2cc(OCCCN3CCN(c4ccccc4)CC3)ccc21. The van der Waals surface area contributed by atoms with Gasteiger partial charge < -0.3 is 14.4 Å². The summed E-state index contributed by atoms with van der Waals surface area (Å²) < 4.78 is 12.1. The molecule has 2 heterocycles. The second kappa shape index (κ2) is 8.50. The van der Waals surface area contributed by atoms with Crippen LogP contribution in [0.5, 0.6) is 11.5 Å². The number of benzene rings is 2. The van der Waals surface area contributed by atoms with Crippen molar-refractivity contribution in [3.05, 3.63) is 60.2 Å². The summed E-state index contributed by atoms with van der Waals surface area (Å²) in [5.74, 6) is 1.81. The van der Waals surface area contributed by atoms with Crippen LogP contribution in [0.25, 0.3) is 5.57 Å². The summed E-state index contributed by atoms with van der Waals surface area (Å²) in [5, 5.41) is 0. The number of fused-ring (bicyclic) bond motifs is 1. The summed E-state index contributed by atoms with van der Waals surface area (Å²) in [6.07, 6.45) is 3.21. The van der Waals surface area contributed by atoms with Gasteiger partial charge in [0, 0.05) is 50.0 Å². The molecule has 0 N–H and O–H groups in total. The van der Waals surface area contributed by atoms with Crippen molar-refractivity contribution >= 4 is 11.3 Å². The first kappa shape index (κ1) is 19.8. The standard InChI is InChI=1S/C25H32N2O2/c1-20-19-25(2,3)29-24-18-22(10-11-23(20)24)28-17-7-12-26-13-15-27(16-14-26)21-8-5-4-6-9-21/h4-6,8-11,18-19H,7,12-17H2,1-3H3. The largest absolute Gasteiger partial charge is 0.493 e. The smallest absolute Gasteiger partial charge is 0.131 e. The van der Waals surface area contributed by atoms with E-state index in [0.29, 0.717) is 0 Å². The van der Waals surface area contributed by atoms with Gasteiger partial charge in [-0.15, -0.1) is 0 Å². The molecular weight excluding hydrogens is 360 g/mol. The van der Waals surface area contributed by atoms with E-state index < -0.39 is 0 Å². The Labute approximate surface area is 174 Å². The first-order valence-corrected chi connectivity index (χ1v) is 10.7. The van der Waals surface area contributed by atoms with Crippen LogP contribution in [-0.2, 0) is 0 Å². The minimum atomic E-state index is -0.266. The molecule has 0 aliphatic carbocycles. The maximum Gasteiger partial charge on any atom is 0.131 e. The Morgan fingerprint density at radius 3 is 2.52 bits per heavy atom. The van der Waals surface area contributed by atoms with E-state index in [4.69, 9.17) is 9.47 Å². The molecule has 2 aromatic carbocycles. The minimum Gasteiger partial charge on any atom is -0.493 e. The molecule has 2 aromatic rings. The van der Waals surface area contributed by atoms with Gasteiger partial charge in [0.1, 0.15) is 17.1 Å². The number of hydrogen-bond acceptors (Lipinski definition) is 4. The lowest BCUT2D eigenvalue weighted by Gasteiger charge is -2.36. The lowest BCUT2D eigenvalue weighted by molar-refractivity contribution is 0.157. The maximum absolute atomic E-state index is 6.11. The second-order valence-corrected chi connectivity index (χ2v) is 8.56. The van der Waals surface area contributed by atoms with Gasteiger partial charge in [-0.05, 0) is 63.1 Å². The lowest BCUT2D eigenvalue weighted by atomic mass is 9.96. The Hall–Kier alpha value is -2.46. The van der Waals surface area contributed by atoms with Gasteiger partial charge in [-0.2, -0.15) is 0 Å². The normalized spacial score (nSPS) is 18.6. The van der Waals surface area contributed by atoms with E-state index >= 15 is 0 Å². The maximum atomic E-state index is 6.11. The van der Waals surface area contributed by atoms with Crippen molar-refractivity contribution in [1.29, 1.82) is 0 Å². The summed E-state index contributed by atoms with van der Waals surface area (Å²) in [6, 6.07) is 16.9. The molecule has 4 nitrogen and oxygen atoms in total. The van der Waals surface area contributed by atoms with Gasteiger partial charge in [-0.1, -0.05) is 18.2 Å². The van der Waals surface area contributed by atoms with Gasteiger partial charge in [0.15, 0.2) is 0 Å². The number of piperazine rings is 1. The van der Waals surface area contributed by atoms with Crippen molar-refractivity contribution in [2.75, 3.05) is 44.2 Å². The van der Waals surface area contributed by atoms with Gasteiger partial charge >= 0.3 is 0 Å². The molecule has 29 heavy (non-hydrogen) atoms. The Balaban J connectivity index is 1.21. The van der Waals surface area contributed by atoms with Crippen molar-refractivity contribution in [3.63, 3.8) is 0 Å². The molecule has 0 atom stereocenters. The molecule has 0 amide bonds.